The van der Waals surface area contributed by atoms with E-state index in [9.17, 15) is 9.59 Å². The number of nitrogens with zero attached hydrogens (tertiary/aromatic N) is 3. The van der Waals surface area contributed by atoms with E-state index >= 15 is 0 Å². The molecule has 0 radical (unpaired) electrons. The van der Waals surface area contributed by atoms with Gasteiger partial charge in [-0.2, -0.15) is 0 Å². The van der Waals surface area contributed by atoms with Crippen molar-refractivity contribution in [2.75, 3.05) is 53.4 Å². The van der Waals surface area contributed by atoms with Crippen LogP contribution in [-0.4, -0.2) is 80.0 Å². The van der Waals surface area contributed by atoms with E-state index in [-0.39, 0.29) is 11.9 Å². The summed E-state index contributed by atoms with van der Waals surface area (Å²) in [5.41, 5.74) is 0. The van der Waals surface area contributed by atoms with Gasteiger partial charge in [-0.15, -0.1) is 0 Å². The predicted molar refractivity (Wildman–Crippen MR) is 72.8 cm³/mol. The lowest BCUT2D eigenvalue weighted by atomic mass is 10.3. The maximum Gasteiger partial charge on any atom is 0.319 e. The second-order valence-electron chi connectivity index (χ2n) is 5.62. The number of hydrogen-bond acceptors (Lipinski definition) is 3. The normalized spacial score (nSPS) is 19.5. The lowest BCUT2D eigenvalue weighted by molar-refractivity contribution is -0.131. The number of carbonyl (C=O) groups excluding carboxylic acids is 2. The summed E-state index contributed by atoms with van der Waals surface area (Å²) in [5, 5.41) is 3.22. The fourth-order valence-electron chi connectivity index (χ4n) is 2.25. The number of rotatable bonds is 4. The Morgan fingerprint density at radius 1 is 1.11 bits per heavy atom. The van der Waals surface area contributed by atoms with Gasteiger partial charge in [0, 0.05) is 40.3 Å². The molecule has 0 unspecified atom stereocenters. The first kappa shape index (κ1) is 14.1. The van der Waals surface area contributed by atoms with Crippen molar-refractivity contribution >= 4 is 11.9 Å². The van der Waals surface area contributed by atoms with Crippen LogP contribution >= 0.6 is 0 Å². The van der Waals surface area contributed by atoms with E-state index in [0.717, 1.165) is 12.5 Å². The molecule has 3 amide bonds. The van der Waals surface area contributed by atoms with Gasteiger partial charge in [-0.05, 0) is 25.3 Å². The highest BCUT2D eigenvalue weighted by Gasteiger charge is 2.25. The second kappa shape index (κ2) is 6.23. The Morgan fingerprint density at radius 2 is 1.68 bits per heavy atom. The summed E-state index contributed by atoms with van der Waals surface area (Å²) < 4.78 is 0. The fraction of sp³-hybridized carbons (Fsp3) is 0.846. The largest absolute Gasteiger partial charge is 0.338 e. The van der Waals surface area contributed by atoms with Crippen molar-refractivity contribution in [3.63, 3.8) is 0 Å². The molecule has 0 atom stereocenters. The first-order valence-electron chi connectivity index (χ1n) is 7.02. The average molecular weight is 268 g/mol. The predicted octanol–water partition coefficient (Wildman–Crippen LogP) is -0.188. The lowest BCUT2D eigenvalue weighted by Crippen LogP contribution is -2.54. The van der Waals surface area contributed by atoms with E-state index in [2.05, 4.69) is 5.32 Å². The van der Waals surface area contributed by atoms with Crippen LogP contribution in [0.25, 0.3) is 0 Å². The van der Waals surface area contributed by atoms with Crippen LogP contribution in [0.4, 0.5) is 4.79 Å². The second-order valence-corrected chi connectivity index (χ2v) is 5.62. The molecule has 19 heavy (non-hydrogen) atoms. The highest BCUT2D eigenvalue weighted by Crippen LogP contribution is 2.27. The molecule has 0 aromatic heterocycles. The third-order valence-electron chi connectivity index (χ3n) is 3.69. The van der Waals surface area contributed by atoms with E-state index in [0.29, 0.717) is 32.7 Å². The SMILES string of the molecule is CN(C)C(=O)N1CCN(C(=O)CNCC2CC2)CC1. The van der Waals surface area contributed by atoms with Crippen LogP contribution in [0.2, 0.25) is 0 Å². The third kappa shape index (κ3) is 4.09. The van der Waals surface area contributed by atoms with Crippen molar-refractivity contribution in [3.8, 4) is 0 Å². The van der Waals surface area contributed by atoms with Gasteiger partial charge in [0.1, 0.15) is 0 Å². The summed E-state index contributed by atoms with van der Waals surface area (Å²) in [7, 11) is 3.50. The lowest BCUT2D eigenvalue weighted by Gasteiger charge is -2.36. The standard InChI is InChI=1S/C13H24N4O2/c1-15(2)13(19)17-7-5-16(6-8-17)12(18)10-14-9-11-3-4-11/h11,14H,3-10H2,1-2H3. The van der Waals surface area contributed by atoms with Crippen molar-refractivity contribution in [2.24, 2.45) is 5.92 Å². The summed E-state index contributed by atoms with van der Waals surface area (Å²) in [6.45, 7) is 3.94. The van der Waals surface area contributed by atoms with Crippen LogP contribution in [0, 0.1) is 5.92 Å². The number of urea groups is 1. The third-order valence-corrected chi connectivity index (χ3v) is 3.69. The molecule has 0 bridgehead atoms. The molecular weight excluding hydrogens is 244 g/mol. The van der Waals surface area contributed by atoms with Crippen LogP contribution in [0.15, 0.2) is 0 Å². The molecule has 1 saturated carbocycles. The molecule has 6 nitrogen and oxygen atoms in total. The van der Waals surface area contributed by atoms with Crippen molar-refractivity contribution in [2.45, 2.75) is 12.8 Å². The van der Waals surface area contributed by atoms with Gasteiger partial charge < -0.3 is 20.0 Å². The number of hydrogen-bond donors (Lipinski definition) is 1. The molecule has 2 fully saturated rings. The molecule has 2 aliphatic rings. The van der Waals surface area contributed by atoms with Gasteiger partial charge in [-0.25, -0.2) is 4.79 Å². The van der Waals surface area contributed by atoms with E-state index in [1.807, 2.05) is 4.90 Å². The van der Waals surface area contributed by atoms with E-state index in [1.165, 1.54) is 12.8 Å². The van der Waals surface area contributed by atoms with Crippen molar-refractivity contribution in [1.82, 2.24) is 20.0 Å². The molecule has 6 heteroatoms. The van der Waals surface area contributed by atoms with E-state index in [4.69, 9.17) is 0 Å². The minimum absolute atomic E-state index is 0.0268. The molecule has 0 aromatic rings. The zero-order valence-electron chi connectivity index (χ0n) is 11.9. The molecule has 0 aromatic carbocycles. The topological polar surface area (TPSA) is 55.9 Å². The Hall–Kier alpha value is -1.30. The average Bonchev–Trinajstić information content (AvgIpc) is 3.22. The quantitative estimate of drug-likeness (QED) is 0.769. The number of piperazine rings is 1. The molecule has 108 valence electrons. The Labute approximate surface area is 114 Å². The van der Waals surface area contributed by atoms with Gasteiger partial charge in [-0.3, -0.25) is 4.79 Å². The number of amides is 3. The first-order valence-corrected chi connectivity index (χ1v) is 7.02. The molecule has 1 aliphatic heterocycles. The van der Waals surface area contributed by atoms with Gasteiger partial charge in [-0.1, -0.05) is 0 Å². The maximum atomic E-state index is 12.0. The van der Waals surface area contributed by atoms with E-state index in [1.54, 1.807) is 23.9 Å². The Bertz CT molecular complexity index is 334. The molecule has 2 rings (SSSR count). The minimum atomic E-state index is 0.0268. The molecule has 0 spiro atoms. The molecule has 1 heterocycles. The number of nitrogens with one attached hydrogen (secondary N) is 1. The Kier molecular flexibility index (Phi) is 4.63. The van der Waals surface area contributed by atoms with Crippen LogP contribution < -0.4 is 5.32 Å². The van der Waals surface area contributed by atoms with Gasteiger partial charge in [0.15, 0.2) is 0 Å². The summed E-state index contributed by atoms with van der Waals surface area (Å²) >= 11 is 0. The maximum absolute atomic E-state index is 12.0. The van der Waals surface area contributed by atoms with Crippen LogP contribution in [-0.2, 0) is 4.79 Å². The van der Waals surface area contributed by atoms with Crippen LogP contribution in [0.1, 0.15) is 12.8 Å². The zero-order chi connectivity index (χ0) is 13.8. The Balaban J connectivity index is 1.66. The van der Waals surface area contributed by atoms with Crippen molar-refractivity contribution in [1.29, 1.82) is 0 Å². The Morgan fingerprint density at radius 3 is 2.21 bits per heavy atom. The molecule has 1 aliphatic carbocycles. The van der Waals surface area contributed by atoms with E-state index < -0.39 is 0 Å². The smallest absolute Gasteiger partial charge is 0.319 e. The summed E-state index contributed by atoms with van der Waals surface area (Å²) in [5.74, 6) is 0.944. The summed E-state index contributed by atoms with van der Waals surface area (Å²) in [4.78, 5) is 28.9. The van der Waals surface area contributed by atoms with Crippen molar-refractivity contribution < 1.29 is 9.59 Å². The molecular formula is C13H24N4O2. The zero-order valence-corrected chi connectivity index (χ0v) is 11.9. The highest BCUT2D eigenvalue weighted by molar-refractivity contribution is 5.79. The highest BCUT2D eigenvalue weighted by atomic mass is 16.2. The molecule has 1 saturated heterocycles. The van der Waals surface area contributed by atoms with Crippen molar-refractivity contribution in [3.05, 3.63) is 0 Å². The van der Waals surface area contributed by atoms with Crippen LogP contribution in [0.5, 0.6) is 0 Å². The first-order chi connectivity index (χ1) is 9.08. The fourth-order valence-corrected chi connectivity index (χ4v) is 2.25. The summed E-state index contributed by atoms with van der Waals surface area (Å²) in [6, 6.07) is 0.0268. The van der Waals surface area contributed by atoms with Gasteiger partial charge in [0.05, 0.1) is 6.54 Å². The van der Waals surface area contributed by atoms with Crippen LogP contribution in [0.3, 0.4) is 0 Å². The van der Waals surface area contributed by atoms with Gasteiger partial charge >= 0.3 is 6.03 Å². The minimum Gasteiger partial charge on any atom is -0.338 e. The molecule has 1 N–H and O–H groups in total. The monoisotopic (exact) mass is 268 g/mol. The van der Waals surface area contributed by atoms with Gasteiger partial charge in [0.25, 0.3) is 0 Å². The number of carbonyl (C=O) groups is 2. The summed E-state index contributed by atoms with van der Waals surface area (Å²) in [6.07, 6.45) is 2.60. The van der Waals surface area contributed by atoms with Gasteiger partial charge in [0.2, 0.25) is 5.91 Å².